The van der Waals surface area contributed by atoms with Gasteiger partial charge in [0.05, 0.1) is 10.6 Å². The molecule has 0 atom stereocenters. The van der Waals surface area contributed by atoms with Crippen LogP contribution in [0.4, 0.5) is 0 Å². The summed E-state index contributed by atoms with van der Waals surface area (Å²) in [6, 6.07) is 15.9. The van der Waals surface area contributed by atoms with E-state index < -0.39 is 18.1 Å². The molecule has 0 radical (unpaired) electrons. The lowest BCUT2D eigenvalue weighted by molar-refractivity contribution is 0.432. The third-order valence-electron chi connectivity index (χ3n) is 7.62. The van der Waals surface area contributed by atoms with Crippen LogP contribution in [0.1, 0.15) is 40.8 Å². The van der Waals surface area contributed by atoms with Gasteiger partial charge in [0.15, 0.2) is 0 Å². The van der Waals surface area contributed by atoms with Crippen molar-refractivity contribution in [3.63, 3.8) is 0 Å². The number of benzene rings is 2. The summed E-state index contributed by atoms with van der Waals surface area (Å²) in [6.45, 7) is 9.81. The number of aryl methyl sites for hydroxylation is 1. The molecule has 0 N–H and O–H groups in total. The molecule has 2 heterocycles. The molecule has 1 aliphatic heterocycles. The number of hydrogen-bond donors (Lipinski definition) is 0. The zero-order chi connectivity index (χ0) is 23.2. The van der Waals surface area contributed by atoms with Crippen LogP contribution in [0.5, 0.6) is 0 Å². The highest BCUT2D eigenvalue weighted by Crippen LogP contribution is 2.57. The Morgan fingerprint density at radius 3 is 2.27 bits per heavy atom. The standard InChI is InChI=1S/C27H30N2O2SSi/c1-18-9-11-20(12-10-18)32(30,31)29-16-22-23(17-29)26(33(2,3)4)28-25-24(22)21-8-6-5-7-19(21)15-27(25)13-14-27/h5-12H,13-17H2,1-4H3. The summed E-state index contributed by atoms with van der Waals surface area (Å²) < 4.78 is 29.0. The summed E-state index contributed by atoms with van der Waals surface area (Å²) in [5.74, 6) is 0. The first-order valence-corrected chi connectivity index (χ1v) is 16.8. The number of hydrogen-bond acceptors (Lipinski definition) is 3. The molecule has 6 rings (SSSR count). The van der Waals surface area contributed by atoms with Crippen LogP contribution in [0.25, 0.3) is 11.1 Å². The van der Waals surface area contributed by atoms with Gasteiger partial charge in [-0.15, -0.1) is 0 Å². The summed E-state index contributed by atoms with van der Waals surface area (Å²) >= 11 is 0. The molecule has 33 heavy (non-hydrogen) atoms. The van der Waals surface area contributed by atoms with Gasteiger partial charge in [0.1, 0.15) is 8.07 Å². The van der Waals surface area contributed by atoms with E-state index in [1.54, 1.807) is 16.4 Å². The highest BCUT2D eigenvalue weighted by atomic mass is 32.2. The van der Waals surface area contributed by atoms with Crippen LogP contribution in [0.15, 0.2) is 53.4 Å². The average molecular weight is 475 g/mol. The van der Waals surface area contributed by atoms with E-state index in [-0.39, 0.29) is 5.41 Å². The lowest BCUT2D eigenvalue weighted by Gasteiger charge is -2.31. The van der Waals surface area contributed by atoms with Crippen molar-refractivity contribution >= 4 is 23.4 Å². The second-order valence-electron chi connectivity index (χ2n) is 11.1. The van der Waals surface area contributed by atoms with Crippen molar-refractivity contribution in [2.75, 3.05) is 0 Å². The van der Waals surface area contributed by atoms with Gasteiger partial charge >= 0.3 is 0 Å². The van der Waals surface area contributed by atoms with E-state index in [1.807, 2.05) is 19.1 Å². The number of nitrogens with zero attached hydrogens (tertiary/aromatic N) is 2. The molecule has 0 bridgehead atoms. The Morgan fingerprint density at radius 1 is 0.939 bits per heavy atom. The molecule has 1 spiro atoms. The van der Waals surface area contributed by atoms with E-state index in [0.29, 0.717) is 18.0 Å². The van der Waals surface area contributed by atoms with Gasteiger partial charge < -0.3 is 0 Å². The van der Waals surface area contributed by atoms with Crippen LogP contribution >= 0.6 is 0 Å². The van der Waals surface area contributed by atoms with Crippen LogP contribution < -0.4 is 5.32 Å². The van der Waals surface area contributed by atoms with E-state index in [2.05, 4.69) is 43.9 Å². The van der Waals surface area contributed by atoms with Crippen LogP contribution in [-0.2, 0) is 34.9 Å². The summed E-state index contributed by atoms with van der Waals surface area (Å²) in [4.78, 5) is 5.78. The number of rotatable bonds is 3. The van der Waals surface area contributed by atoms with E-state index in [0.717, 1.165) is 17.5 Å². The van der Waals surface area contributed by atoms with Gasteiger partial charge in [-0.1, -0.05) is 61.6 Å². The van der Waals surface area contributed by atoms with E-state index in [1.165, 1.54) is 46.1 Å². The Bertz CT molecular complexity index is 1400. The molecular weight excluding hydrogens is 444 g/mol. The Balaban J connectivity index is 1.56. The minimum Gasteiger partial charge on any atom is -0.261 e. The van der Waals surface area contributed by atoms with Crippen molar-refractivity contribution in [2.45, 2.75) is 69.2 Å². The first-order chi connectivity index (χ1) is 15.6. The average Bonchev–Trinajstić information content (AvgIpc) is 3.38. The van der Waals surface area contributed by atoms with E-state index >= 15 is 0 Å². The Morgan fingerprint density at radius 2 is 1.61 bits per heavy atom. The molecule has 1 saturated carbocycles. The third-order valence-corrected chi connectivity index (χ3v) is 11.3. The monoisotopic (exact) mass is 474 g/mol. The highest BCUT2D eigenvalue weighted by Gasteiger charge is 2.52. The summed E-state index contributed by atoms with van der Waals surface area (Å²) in [6.07, 6.45) is 3.41. The zero-order valence-corrected chi connectivity index (χ0v) is 21.6. The van der Waals surface area contributed by atoms with Gasteiger partial charge in [-0.05, 0) is 60.6 Å². The zero-order valence-electron chi connectivity index (χ0n) is 19.8. The number of fused-ring (bicyclic) bond motifs is 6. The highest BCUT2D eigenvalue weighted by molar-refractivity contribution is 7.89. The predicted octanol–water partition coefficient (Wildman–Crippen LogP) is 4.89. The van der Waals surface area contributed by atoms with Crippen molar-refractivity contribution in [3.05, 3.63) is 76.5 Å². The Kier molecular flexibility index (Phi) is 4.43. The van der Waals surface area contributed by atoms with Gasteiger partial charge in [0, 0.05) is 29.4 Å². The minimum atomic E-state index is -3.58. The molecule has 0 saturated heterocycles. The van der Waals surface area contributed by atoms with Gasteiger partial charge in [-0.2, -0.15) is 4.31 Å². The molecule has 1 aromatic heterocycles. The first-order valence-electron chi connectivity index (χ1n) is 11.8. The lowest BCUT2D eigenvalue weighted by atomic mass is 9.77. The van der Waals surface area contributed by atoms with Crippen LogP contribution in [0, 0.1) is 6.92 Å². The molecule has 1 fully saturated rings. The maximum atomic E-state index is 13.6. The van der Waals surface area contributed by atoms with Crippen molar-refractivity contribution in [1.82, 2.24) is 9.29 Å². The summed E-state index contributed by atoms with van der Waals surface area (Å²) in [7, 11) is -5.37. The Hall–Kier alpha value is -2.28. The van der Waals surface area contributed by atoms with E-state index in [4.69, 9.17) is 4.98 Å². The van der Waals surface area contributed by atoms with E-state index in [9.17, 15) is 8.42 Å². The normalized spacial score (nSPS) is 18.7. The fourth-order valence-corrected chi connectivity index (χ4v) is 8.64. The summed E-state index contributed by atoms with van der Waals surface area (Å²) in [5, 5.41) is 1.20. The molecule has 6 heteroatoms. The van der Waals surface area contributed by atoms with Gasteiger partial charge in [-0.25, -0.2) is 8.42 Å². The lowest BCUT2D eigenvalue weighted by Crippen LogP contribution is -2.44. The van der Waals surface area contributed by atoms with Crippen LogP contribution in [0.2, 0.25) is 19.6 Å². The largest absolute Gasteiger partial charge is 0.261 e. The Labute approximate surface area is 197 Å². The van der Waals surface area contributed by atoms with Gasteiger partial charge in [-0.3, -0.25) is 4.98 Å². The molecule has 2 aromatic carbocycles. The van der Waals surface area contributed by atoms with Crippen molar-refractivity contribution < 1.29 is 8.42 Å². The molecule has 2 aliphatic carbocycles. The van der Waals surface area contributed by atoms with Crippen molar-refractivity contribution in [1.29, 1.82) is 0 Å². The maximum Gasteiger partial charge on any atom is 0.243 e. The maximum absolute atomic E-state index is 13.6. The molecule has 3 aromatic rings. The second-order valence-corrected chi connectivity index (χ2v) is 18.0. The first kappa shape index (κ1) is 21.3. The smallest absolute Gasteiger partial charge is 0.243 e. The second kappa shape index (κ2) is 6.87. The predicted molar refractivity (Wildman–Crippen MR) is 135 cm³/mol. The molecule has 3 aliphatic rings. The minimum absolute atomic E-state index is 0.149. The summed E-state index contributed by atoms with van der Waals surface area (Å²) in [5.41, 5.74) is 8.68. The number of aromatic nitrogens is 1. The molecular formula is C27H30N2O2SSi. The topological polar surface area (TPSA) is 50.3 Å². The van der Waals surface area contributed by atoms with Crippen LogP contribution in [0.3, 0.4) is 0 Å². The molecule has 170 valence electrons. The van der Waals surface area contributed by atoms with Gasteiger partial charge in [0.2, 0.25) is 10.0 Å². The van der Waals surface area contributed by atoms with Crippen molar-refractivity contribution in [3.8, 4) is 11.1 Å². The van der Waals surface area contributed by atoms with Crippen molar-refractivity contribution in [2.24, 2.45) is 0 Å². The SMILES string of the molecule is Cc1ccc(S(=O)(=O)N2Cc3c([Si](C)(C)C)nc4c(c3C2)-c2ccccc2CC42CC2)cc1. The van der Waals surface area contributed by atoms with Crippen LogP contribution in [-0.4, -0.2) is 25.8 Å². The fraction of sp³-hybridized carbons (Fsp3) is 0.370. The number of pyridine rings is 1. The van der Waals surface area contributed by atoms with Gasteiger partial charge in [0.25, 0.3) is 0 Å². The number of sulfonamides is 1. The molecule has 0 amide bonds. The quantitative estimate of drug-likeness (QED) is 0.508. The third kappa shape index (κ3) is 3.18. The molecule has 4 nitrogen and oxygen atoms in total. The molecule has 0 unspecified atom stereocenters. The fourth-order valence-electron chi connectivity index (χ4n) is 5.68.